The highest BCUT2D eigenvalue weighted by atomic mass is 79.9. The highest BCUT2D eigenvalue weighted by Gasteiger charge is 2.09. The molecule has 0 atom stereocenters. The lowest BCUT2D eigenvalue weighted by Gasteiger charge is -2.20. The number of aromatic nitrogens is 1. The van der Waals surface area contributed by atoms with Crippen LogP contribution in [0.25, 0.3) is 0 Å². The molecule has 0 bridgehead atoms. The smallest absolute Gasteiger partial charge is 0.135 e. The van der Waals surface area contributed by atoms with Crippen molar-refractivity contribution in [1.82, 2.24) is 4.98 Å². The molecule has 0 spiro atoms. The van der Waals surface area contributed by atoms with Gasteiger partial charge >= 0.3 is 0 Å². The summed E-state index contributed by atoms with van der Waals surface area (Å²) in [6, 6.07) is 10.8. The standard InChI is InChI=1S/C17H21BrN2/c1-12(2)9-14-5-7-16(8-6-14)20(4)17-13(3)10-15(18)11-19-17/h5-8,10-12H,9H2,1-4H3. The minimum absolute atomic E-state index is 0.689. The van der Waals surface area contributed by atoms with E-state index in [2.05, 4.69) is 84.0 Å². The molecule has 0 unspecified atom stereocenters. The van der Waals surface area contributed by atoms with Crippen LogP contribution in [0.5, 0.6) is 0 Å². The van der Waals surface area contributed by atoms with Crippen molar-refractivity contribution in [2.75, 3.05) is 11.9 Å². The zero-order chi connectivity index (χ0) is 14.7. The molecule has 1 aromatic heterocycles. The molecule has 0 radical (unpaired) electrons. The second-order valence-corrected chi connectivity index (χ2v) is 6.53. The highest BCUT2D eigenvalue weighted by molar-refractivity contribution is 9.10. The van der Waals surface area contributed by atoms with Gasteiger partial charge in [0, 0.05) is 23.4 Å². The lowest BCUT2D eigenvalue weighted by molar-refractivity contribution is 0.647. The number of nitrogens with zero attached hydrogens (tertiary/aromatic N) is 2. The van der Waals surface area contributed by atoms with Gasteiger partial charge in [0.25, 0.3) is 0 Å². The van der Waals surface area contributed by atoms with Gasteiger partial charge in [-0.15, -0.1) is 0 Å². The lowest BCUT2D eigenvalue weighted by Crippen LogP contribution is -2.12. The fourth-order valence-corrected chi connectivity index (χ4v) is 2.78. The van der Waals surface area contributed by atoms with Crippen LogP contribution in [0.2, 0.25) is 0 Å². The average Bonchev–Trinajstić information content (AvgIpc) is 2.38. The number of anilines is 2. The van der Waals surface area contributed by atoms with E-state index in [0.717, 1.165) is 28.0 Å². The van der Waals surface area contributed by atoms with Crippen LogP contribution in [-0.2, 0) is 6.42 Å². The second-order valence-electron chi connectivity index (χ2n) is 5.62. The maximum absolute atomic E-state index is 4.50. The Labute approximate surface area is 130 Å². The first kappa shape index (κ1) is 15.0. The van der Waals surface area contributed by atoms with Crippen molar-refractivity contribution in [3.05, 3.63) is 52.1 Å². The lowest BCUT2D eigenvalue weighted by atomic mass is 10.0. The van der Waals surface area contributed by atoms with Gasteiger partial charge in [0.15, 0.2) is 0 Å². The van der Waals surface area contributed by atoms with E-state index in [1.165, 1.54) is 5.56 Å². The van der Waals surface area contributed by atoms with Gasteiger partial charge < -0.3 is 4.90 Å². The van der Waals surface area contributed by atoms with Gasteiger partial charge in [-0.1, -0.05) is 26.0 Å². The SMILES string of the molecule is Cc1cc(Br)cnc1N(C)c1ccc(CC(C)C)cc1. The number of benzene rings is 1. The van der Waals surface area contributed by atoms with Crippen molar-refractivity contribution < 1.29 is 0 Å². The number of pyridine rings is 1. The Morgan fingerprint density at radius 3 is 2.40 bits per heavy atom. The van der Waals surface area contributed by atoms with E-state index in [4.69, 9.17) is 0 Å². The molecule has 106 valence electrons. The van der Waals surface area contributed by atoms with Crippen molar-refractivity contribution in [3.8, 4) is 0 Å². The van der Waals surface area contributed by atoms with Crippen molar-refractivity contribution in [2.45, 2.75) is 27.2 Å². The molecule has 3 heteroatoms. The normalized spacial score (nSPS) is 10.9. The van der Waals surface area contributed by atoms with Gasteiger partial charge in [0.1, 0.15) is 5.82 Å². The summed E-state index contributed by atoms with van der Waals surface area (Å²) in [5.41, 5.74) is 3.71. The van der Waals surface area contributed by atoms with Crippen LogP contribution in [0.3, 0.4) is 0 Å². The Bertz CT molecular complexity index is 576. The molecule has 0 saturated heterocycles. The molecule has 0 aliphatic heterocycles. The van der Waals surface area contributed by atoms with E-state index in [0.29, 0.717) is 5.92 Å². The fraction of sp³-hybridized carbons (Fsp3) is 0.353. The van der Waals surface area contributed by atoms with E-state index in [1.807, 2.05) is 6.20 Å². The zero-order valence-corrected chi connectivity index (χ0v) is 14.1. The molecular weight excluding hydrogens is 312 g/mol. The summed E-state index contributed by atoms with van der Waals surface area (Å²) in [4.78, 5) is 6.63. The first-order chi connectivity index (χ1) is 9.47. The van der Waals surface area contributed by atoms with Gasteiger partial charge in [-0.2, -0.15) is 0 Å². The third-order valence-electron chi connectivity index (χ3n) is 3.30. The predicted molar refractivity (Wildman–Crippen MR) is 89.7 cm³/mol. The number of hydrogen-bond donors (Lipinski definition) is 0. The summed E-state index contributed by atoms with van der Waals surface area (Å²) in [7, 11) is 2.06. The molecule has 1 aromatic carbocycles. The quantitative estimate of drug-likeness (QED) is 0.772. The Morgan fingerprint density at radius 1 is 1.20 bits per heavy atom. The summed E-state index contributed by atoms with van der Waals surface area (Å²) in [6.07, 6.45) is 2.96. The second kappa shape index (κ2) is 6.40. The van der Waals surface area contributed by atoms with Gasteiger partial charge in [0.2, 0.25) is 0 Å². The first-order valence-corrected chi connectivity index (χ1v) is 7.71. The van der Waals surface area contributed by atoms with Crippen molar-refractivity contribution >= 4 is 27.4 Å². The van der Waals surface area contributed by atoms with Crippen molar-refractivity contribution in [1.29, 1.82) is 0 Å². The van der Waals surface area contributed by atoms with Gasteiger partial charge in [0.05, 0.1) is 0 Å². The molecule has 0 saturated carbocycles. The van der Waals surface area contributed by atoms with Crippen molar-refractivity contribution in [2.24, 2.45) is 5.92 Å². The Balaban J connectivity index is 2.22. The van der Waals surface area contributed by atoms with Crippen molar-refractivity contribution in [3.63, 3.8) is 0 Å². The van der Waals surface area contributed by atoms with Crippen LogP contribution >= 0.6 is 15.9 Å². The minimum Gasteiger partial charge on any atom is -0.329 e. The Hall–Kier alpha value is -1.35. The molecule has 0 fully saturated rings. The van der Waals surface area contributed by atoms with Gasteiger partial charge in [-0.05, 0) is 64.5 Å². The average molecular weight is 333 g/mol. The van der Waals surface area contributed by atoms with Crippen LogP contribution in [0.4, 0.5) is 11.5 Å². The molecule has 0 aliphatic carbocycles. The minimum atomic E-state index is 0.689. The highest BCUT2D eigenvalue weighted by Crippen LogP contribution is 2.26. The monoisotopic (exact) mass is 332 g/mol. The van der Waals surface area contributed by atoms with E-state index in [9.17, 15) is 0 Å². The van der Waals surface area contributed by atoms with E-state index in [-0.39, 0.29) is 0 Å². The third kappa shape index (κ3) is 3.60. The summed E-state index contributed by atoms with van der Waals surface area (Å²) < 4.78 is 1.01. The molecule has 1 heterocycles. The van der Waals surface area contributed by atoms with Crippen LogP contribution in [0.15, 0.2) is 41.0 Å². The maximum Gasteiger partial charge on any atom is 0.135 e. The summed E-state index contributed by atoms with van der Waals surface area (Å²) in [6.45, 7) is 6.57. The first-order valence-electron chi connectivity index (χ1n) is 6.92. The van der Waals surface area contributed by atoms with Crippen LogP contribution in [0, 0.1) is 12.8 Å². The predicted octanol–water partition coefficient (Wildman–Crippen LogP) is 5.12. The summed E-state index contributed by atoms with van der Waals surface area (Å²) in [5, 5.41) is 0. The molecular formula is C17H21BrN2. The van der Waals surface area contributed by atoms with E-state index >= 15 is 0 Å². The molecule has 2 nitrogen and oxygen atoms in total. The molecule has 0 amide bonds. The van der Waals surface area contributed by atoms with Gasteiger partial charge in [-0.25, -0.2) is 4.98 Å². The zero-order valence-electron chi connectivity index (χ0n) is 12.5. The molecule has 0 aliphatic rings. The number of halogens is 1. The Morgan fingerprint density at radius 2 is 1.85 bits per heavy atom. The van der Waals surface area contributed by atoms with E-state index in [1.54, 1.807) is 0 Å². The van der Waals surface area contributed by atoms with E-state index < -0.39 is 0 Å². The fourth-order valence-electron chi connectivity index (χ4n) is 2.33. The van der Waals surface area contributed by atoms with Crippen LogP contribution in [0.1, 0.15) is 25.0 Å². The molecule has 0 N–H and O–H groups in total. The number of hydrogen-bond acceptors (Lipinski definition) is 2. The molecule has 20 heavy (non-hydrogen) atoms. The summed E-state index contributed by atoms with van der Waals surface area (Å²) in [5.74, 6) is 1.68. The van der Waals surface area contributed by atoms with Gasteiger partial charge in [-0.3, -0.25) is 0 Å². The topological polar surface area (TPSA) is 16.1 Å². The number of aryl methyl sites for hydroxylation is 1. The third-order valence-corrected chi connectivity index (χ3v) is 3.74. The molecule has 2 aromatic rings. The Kier molecular flexibility index (Phi) is 4.81. The van der Waals surface area contributed by atoms with Crippen LogP contribution < -0.4 is 4.90 Å². The largest absolute Gasteiger partial charge is 0.329 e. The summed E-state index contributed by atoms with van der Waals surface area (Å²) >= 11 is 3.45. The molecule has 2 rings (SSSR count). The number of rotatable bonds is 4. The van der Waals surface area contributed by atoms with Crippen LogP contribution in [-0.4, -0.2) is 12.0 Å². The maximum atomic E-state index is 4.50.